The Bertz CT molecular complexity index is 1090. The molecule has 1 fully saturated rings. The number of aromatic nitrogens is 3. The van der Waals surface area contributed by atoms with Gasteiger partial charge in [-0.25, -0.2) is 0 Å². The Hall–Kier alpha value is -3.55. The van der Waals surface area contributed by atoms with Crippen LogP contribution in [0.5, 0.6) is 0 Å². The Balaban J connectivity index is 1.47. The lowest BCUT2D eigenvalue weighted by Crippen LogP contribution is -2.42. The van der Waals surface area contributed by atoms with Crippen LogP contribution in [0, 0.1) is 0 Å². The number of hydrogen-bond acceptors (Lipinski definition) is 6. The number of hydrogen-bond donors (Lipinski definition) is 2. The van der Waals surface area contributed by atoms with Gasteiger partial charge in [0.2, 0.25) is 0 Å². The number of likely N-dealkylation sites (tertiary alicyclic amines) is 1. The van der Waals surface area contributed by atoms with Crippen LogP contribution >= 0.6 is 0 Å². The van der Waals surface area contributed by atoms with Crippen molar-refractivity contribution in [3.05, 3.63) is 59.0 Å². The summed E-state index contributed by atoms with van der Waals surface area (Å²) in [5.41, 5.74) is 14.9. The molecule has 0 unspecified atom stereocenters. The molecule has 1 aliphatic heterocycles. The SMILES string of the molecule is NC(=O)c1nnc2c(CCCc3cncc(C(=O)N4CCC4)c3)cccc2c1N. The molecule has 3 heterocycles. The lowest BCUT2D eigenvalue weighted by Gasteiger charge is -2.30. The second-order valence-electron chi connectivity index (χ2n) is 7.22. The summed E-state index contributed by atoms with van der Waals surface area (Å²) in [4.78, 5) is 29.8. The fraction of sp³-hybridized carbons (Fsp3) is 0.286. The summed E-state index contributed by atoms with van der Waals surface area (Å²) in [5, 5.41) is 8.74. The molecule has 8 heteroatoms. The first kappa shape index (κ1) is 18.8. The molecule has 148 valence electrons. The zero-order valence-corrected chi connectivity index (χ0v) is 16.0. The summed E-state index contributed by atoms with van der Waals surface area (Å²) in [6.45, 7) is 1.65. The van der Waals surface area contributed by atoms with Crippen molar-refractivity contribution in [3.63, 3.8) is 0 Å². The number of pyridine rings is 1. The number of anilines is 1. The number of nitrogens with two attached hydrogens (primary N) is 2. The van der Waals surface area contributed by atoms with Crippen LogP contribution in [-0.4, -0.2) is 45.0 Å². The van der Waals surface area contributed by atoms with E-state index >= 15 is 0 Å². The van der Waals surface area contributed by atoms with E-state index in [0.29, 0.717) is 16.5 Å². The molecule has 0 radical (unpaired) electrons. The summed E-state index contributed by atoms with van der Waals surface area (Å²) in [7, 11) is 0. The molecule has 0 spiro atoms. The zero-order valence-electron chi connectivity index (χ0n) is 16.0. The molecule has 1 aromatic carbocycles. The summed E-state index contributed by atoms with van der Waals surface area (Å²) < 4.78 is 0. The van der Waals surface area contributed by atoms with Gasteiger partial charge in [-0.1, -0.05) is 18.2 Å². The number of carbonyl (C=O) groups is 2. The highest BCUT2D eigenvalue weighted by Crippen LogP contribution is 2.25. The standard InChI is InChI=1S/C21H22N6O2/c22-17-16-7-2-6-14(18(16)25-26-19(17)20(23)28)5-1-4-13-10-15(12-24-11-13)21(29)27-8-3-9-27/h2,6-7,10-12H,1,3-5,8-9H2,(H2,22,25)(H2,23,28). The number of nitrogens with zero attached hydrogens (tertiary/aromatic N) is 4. The number of rotatable bonds is 6. The molecule has 4 N–H and O–H groups in total. The van der Waals surface area contributed by atoms with Crippen LogP contribution in [-0.2, 0) is 12.8 Å². The van der Waals surface area contributed by atoms with Gasteiger partial charge in [-0.05, 0) is 42.9 Å². The van der Waals surface area contributed by atoms with Gasteiger partial charge >= 0.3 is 0 Å². The lowest BCUT2D eigenvalue weighted by atomic mass is 10.0. The van der Waals surface area contributed by atoms with Gasteiger partial charge in [0.05, 0.1) is 16.8 Å². The first-order valence-corrected chi connectivity index (χ1v) is 9.61. The molecule has 0 aliphatic carbocycles. The van der Waals surface area contributed by atoms with E-state index in [-0.39, 0.29) is 17.3 Å². The highest BCUT2D eigenvalue weighted by Gasteiger charge is 2.22. The number of benzene rings is 1. The molecular weight excluding hydrogens is 368 g/mol. The molecule has 1 saturated heterocycles. The van der Waals surface area contributed by atoms with Gasteiger partial charge in [-0.2, -0.15) is 0 Å². The fourth-order valence-corrected chi connectivity index (χ4v) is 3.52. The second-order valence-corrected chi connectivity index (χ2v) is 7.22. The predicted molar refractivity (Wildman–Crippen MR) is 109 cm³/mol. The minimum Gasteiger partial charge on any atom is -0.396 e. The van der Waals surface area contributed by atoms with Crippen molar-refractivity contribution >= 4 is 28.4 Å². The highest BCUT2D eigenvalue weighted by molar-refractivity contribution is 6.04. The van der Waals surface area contributed by atoms with Crippen molar-refractivity contribution in [2.75, 3.05) is 18.8 Å². The quantitative estimate of drug-likeness (QED) is 0.659. The monoisotopic (exact) mass is 390 g/mol. The number of nitrogen functional groups attached to an aromatic ring is 1. The normalized spacial score (nSPS) is 13.3. The Kier molecular flexibility index (Phi) is 5.07. The third-order valence-corrected chi connectivity index (χ3v) is 5.24. The number of aryl methyl sites for hydroxylation is 2. The van der Waals surface area contributed by atoms with Gasteiger partial charge in [-0.15, -0.1) is 10.2 Å². The van der Waals surface area contributed by atoms with E-state index in [0.717, 1.165) is 49.9 Å². The summed E-state index contributed by atoms with van der Waals surface area (Å²) in [5.74, 6) is -0.641. The molecular formula is C21H22N6O2. The zero-order chi connectivity index (χ0) is 20.4. The average molecular weight is 390 g/mol. The van der Waals surface area contributed by atoms with E-state index in [9.17, 15) is 9.59 Å². The first-order chi connectivity index (χ1) is 14.0. The molecule has 2 amide bonds. The van der Waals surface area contributed by atoms with Crippen LogP contribution in [0.4, 0.5) is 5.69 Å². The molecule has 29 heavy (non-hydrogen) atoms. The molecule has 2 aromatic heterocycles. The van der Waals surface area contributed by atoms with Crippen LogP contribution in [0.1, 0.15) is 44.8 Å². The third kappa shape index (κ3) is 3.73. The van der Waals surface area contributed by atoms with Crippen LogP contribution in [0.15, 0.2) is 36.7 Å². The molecule has 1 aliphatic rings. The summed E-state index contributed by atoms with van der Waals surface area (Å²) >= 11 is 0. The number of carbonyl (C=O) groups excluding carboxylic acids is 2. The van der Waals surface area contributed by atoms with Crippen molar-refractivity contribution in [2.45, 2.75) is 25.7 Å². The molecule has 3 aromatic rings. The van der Waals surface area contributed by atoms with E-state index in [1.807, 2.05) is 29.2 Å². The third-order valence-electron chi connectivity index (χ3n) is 5.24. The number of fused-ring (bicyclic) bond motifs is 1. The van der Waals surface area contributed by atoms with Crippen LogP contribution in [0.25, 0.3) is 10.9 Å². The average Bonchev–Trinajstić information content (AvgIpc) is 2.67. The maximum absolute atomic E-state index is 12.4. The Morgan fingerprint density at radius 2 is 1.93 bits per heavy atom. The van der Waals surface area contributed by atoms with Crippen molar-refractivity contribution in [1.29, 1.82) is 0 Å². The number of primary amides is 1. The van der Waals surface area contributed by atoms with Crippen LogP contribution in [0.2, 0.25) is 0 Å². The van der Waals surface area contributed by atoms with Gasteiger partial charge in [-0.3, -0.25) is 14.6 Å². The summed E-state index contributed by atoms with van der Waals surface area (Å²) in [6, 6.07) is 7.59. The van der Waals surface area contributed by atoms with E-state index in [1.165, 1.54) is 0 Å². The topological polar surface area (TPSA) is 128 Å². The van der Waals surface area contributed by atoms with Gasteiger partial charge in [0.25, 0.3) is 11.8 Å². The van der Waals surface area contributed by atoms with Gasteiger partial charge < -0.3 is 16.4 Å². The second kappa shape index (κ2) is 7.83. The molecule has 4 rings (SSSR count). The minimum atomic E-state index is -0.692. The molecule has 0 bridgehead atoms. The van der Waals surface area contributed by atoms with E-state index in [4.69, 9.17) is 11.5 Å². The lowest BCUT2D eigenvalue weighted by molar-refractivity contribution is 0.0651. The highest BCUT2D eigenvalue weighted by atomic mass is 16.2. The molecule has 8 nitrogen and oxygen atoms in total. The number of amides is 2. The largest absolute Gasteiger partial charge is 0.396 e. The first-order valence-electron chi connectivity index (χ1n) is 9.61. The van der Waals surface area contributed by atoms with Crippen molar-refractivity contribution in [1.82, 2.24) is 20.1 Å². The van der Waals surface area contributed by atoms with Gasteiger partial charge in [0.15, 0.2) is 5.69 Å². The smallest absolute Gasteiger partial charge is 0.271 e. The van der Waals surface area contributed by atoms with E-state index < -0.39 is 5.91 Å². The fourth-order valence-electron chi connectivity index (χ4n) is 3.52. The predicted octanol–water partition coefficient (Wildman–Crippen LogP) is 1.73. The van der Waals surface area contributed by atoms with Crippen LogP contribution in [0.3, 0.4) is 0 Å². The Labute approximate surface area is 167 Å². The molecule has 0 atom stereocenters. The molecule has 0 saturated carbocycles. The maximum atomic E-state index is 12.4. The van der Waals surface area contributed by atoms with Crippen molar-refractivity contribution in [2.24, 2.45) is 5.73 Å². The van der Waals surface area contributed by atoms with E-state index in [2.05, 4.69) is 15.2 Å². The Morgan fingerprint density at radius 3 is 2.66 bits per heavy atom. The van der Waals surface area contributed by atoms with Gasteiger partial charge in [0, 0.05) is 30.9 Å². The van der Waals surface area contributed by atoms with Crippen molar-refractivity contribution in [3.8, 4) is 0 Å². The summed E-state index contributed by atoms with van der Waals surface area (Å²) in [6.07, 6.45) is 6.88. The minimum absolute atomic E-state index is 0.00981. The van der Waals surface area contributed by atoms with Gasteiger partial charge in [0.1, 0.15) is 0 Å². The van der Waals surface area contributed by atoms with E-state index in [1.54, 1.807) is 12.4 Å². The Morgan fingerprint density at radius 1 is 1.10 bits per heavy atom. The maximum Gasteiger partial charge on any atom is 0.271 e. The van der Waals surface area contributed by atoms with Crippen LogP contribution < -0.4 is 11.5 Å². The van der Waals surface area contributed by atoms with Crippen molar-refractivity contribution < 1.29 is 9.59 Å².